The predicted molar refractivity (Wildman–Crippen MR) is 97.1 cm³/mol. The number of benzene rings is 1. The second-order valence-electron chi connectivity index (χ2n) is 5.77. The summed E-state index contributed by atoms with van der Waals surface area (Å²) in [5.74, 6) is 0. The average molecular weight is 349 g/mol. The third kappa shape index (κ3) is 4.29. The van der Waals surface area contributed by atoms with Crippen LogP contribution in [0, 0.1) is 13.8 Å². The molecule has 5 nitrogen and oxygen atoms in total. The number of aromatic nitrogens is 2. The van der Waals surface area contributed by atoms with Crippen molar-refractivity contribution >= 4 is 17.6 Å². The van der Waals surface area contributed by atoms with Crippen molar-refractivity contribution in [2.24, 2.45) is 0 Å². The highest BCUT2D eigenvalue weighted by atomic mass is 35.5. The molecule has 2 aromatic rings. The summed E-state index contributed by atoms with van der Waals surface area (Å²) < 4.78 is 1.96. The van der Waals surface area contributed by atoms with Gasteiger partial charge < -0.3 is 10.2 Å². The second-order valence-corrected chi connectivity index (χ2v) is 6.20. The number of nitrogens with zero attached hydrogens (tertiary/aromatic N) is 3. The molecule has 1 N–H and O–H groups in total. The van der Waals surface area contributed by atoms with Gasteiger partial charge in [-0.2, -0.15) is 5.10 Å². The minimum Gasteiger partial charge on any atom is -0.334 e. The maximum atomic E-state index is 12.5. The Bertz CT molecular complexity index is 711. The minimum atomic E-state index is -0.0828. The maximum absolute atomic E-state index is 12.5. The molecule has 0 aliphatic carbocycles. The molecule has 0 spiro atoms. The molecule has 0 atom stereocenters. The van der Waals surface area contributed by atoms with Crippen LogP contribution in [0.3, 0.4) is 0 Å². The van der Waals surface area contributed by atoms with Crippen molar-refractivity contribution in [2.45, 2.75) is 47.3 Å². The lowest BCUT2D eigenvalue weighted by Crippen LogP contribution is -2.39. The first-order valence-electron chi connectivity index (χ1n) is 8.26. The number of nitrogens with one attached hydrogen (secondary N) is 1. The van der Waals surface area contributed by atoms with Gasteiger partial charge in [0.1, 0.15) is 0 Å². The minimum absolute atomic E-state index is 0.0828. The van der Waals surface area contributed by atoms with Crippen LogP contribution < -0.4 is 5.32 Å². The van der Waals surface area contributed by atoms with Gasteiger partial charge in [0.15, 0.2) is 0 Å². The summed E-state index contributed by atoms with van der Waals surface area (Å²) in [6.45, 7) is 10.5. The highest BCUT2D eigenvalue weighted by Crippen LogP contribution is 2.14. The van der Waals surface area contributed by atoms with Crippen LogP contribution in [-0.4, -0.2) is 27.3 Å². The van der Waals surface area contributed by atoms with Crippen molar-refractivity contribution in [1.29, 1.82) is 0 Å². The zero-order chi connectivity index (χ0) is 17.7. The van der Waals surface area contributed by atoms with Crippen molar-refractivity contribution in [3.05, 3.63) is 51.8 Å². The van der Waals surface area contributed by atoms with Gasteiger partial charge in [0.2, 0.25) is 0 Å². The first-order valence-corrected chi connectivity index (χ1v) is 8.64. The summed E-state index contributed by atoms with van der Waals surface area (Å²) in [6, 6.07) is 7.51. The number of hydrogen-bond donors (Lipinski definition) is 1. The number of carbonyl (C=O) groups excluding carboxylic acids is 1. The fourth-order valence-corrected chi connectivity index (χ4v) is 2.97. The number of aryl methyl sites for hydroxylation is 2. The van der Waals surface area contributed by atoms with Crippen LogP contribution in [0.4, 0.5) is 4.79 Å². The van der Waals surface area contributed by atoms with Crippen LogP contribution in [0.25, 0.3) is 0 Å². The molecule has 24 heavy (non-hydrogen) atoms. The Labute approximate surface area is 148 Å². The molecular weight excluding hydrogens is 324 g/mol. The van der Waals surface area contributed by atoms with Gasteiger partial charge in [-0.3, -0.25) is 4.68 Å². The van der Waals surface area contributed by atoms with Gasteiger partial charge in [0.25, 0.3) is 0 Å². The van der Waals surface area contributed by atoms with Crippen molar-refractivity contribution < 1.29 is 4.79 Å². The molecule has 1 heterocycles. The van der Waals surface area contributed by atoms with Crippen LogP contribution in [-0.2, 0) is 19.6 Å². The van der Waals surface area contributed by atoms with E-state index in [1.54, 1.807) is 4.90 Å². The standard InChI is InChI=1S/C18H25ClN4O/c1-5-22(12-15-8-7-9-16(19)10-15)18(24)20-11-17-13(3)21-23(6-2)14(17)4/h7-10H,5-6,11-12H2,1-4H3,(H,20,24). The third-order valence-electron chi connectivity index (χ3n) is 4.18. The molecule has 130 valence electrons. The number of carbonyl (C=O) groups is 1. The van der Waals surface area contributed by atoms with Crippen molar-refractivity contribution in [3.63, 3.8) is 0 Å². The average Bonchev–Trinajstić information content (AvgIpc) is 2.84. The lowest BCUT2D eigenvalue weighted by atomic mass is 10.2. The van der Waals surface area contributed by atoms with Crippen LogP contribution in [0.15, 0.2) is 24.3 Å². The summed E-state index contributed by atoms with van der Waals surface area (Å²) in [7, 11) is 0. The van der Waals surface area contributed by atoms with E-state index in [0.717, 1.165) is 29.1 Å². The van der Waals surface area contributed by atoms with Gasteiger partial charge in [-0.1, -0.05) is 23.7 Å². The largest absolute Gasteiger partial charge is 0.334 e. The molecule has 0 saturated carbocycles. The number of urea groups is 1. The summed E-state index contributed by atoms with van der Waals surface area (Å²) >= 11 is 6.01. The van der Waals surface area contributed by atoms with Gasteiger partial charge >= 0.3 is 6.03 Å². The predicted octanol–water partition coefficient (Wildman–Crippen LogP) is 3.90. The Morgan fingerprint density at radius 2 is 2.08 bits per heavy atom. The Morgan fingerprint density at radius 3 is 2.67 bits per heavy atom. The van der Waals surface area contributed by atoms with Gasteiger partial charge in [0, 0.05) is 42.5 Å². The maximum Gasteiger partial charge on any atom is 0.317 e. The summed E-state index contributed by atoms with van der Waals surface area (Å²) in [6.07, 6.45) is 0. The van der Waals surface area contributed by atoms with E-state index in [9.17, 15) is 4.79 Å². The topological polar surface area (TPSA) is 50.2 Å². The molecule has 0 unspecified atom stereocenters. The smallest absolute Gasteiger partial charge is 0.317 e. The van der Waals surface area contributed by atoms with E-state index < -0.39 is 0 Å². The quantitative estimate of drug-likeness (QED) is 0.860. The molecule has 2 amide bonds. The van der Waals surface area contributed by atoms with E-state index >= 15 is 0 Å². The van der Waals surface area contributed by atoms with E-state index in [1.807, 2.05) is 49.7 Å². The van der Waals surface area contributed by atoms with E-state index in [1.165, 1.54) is 0 Å². The highest BCUT2D eigenvalue weighted by Gasteiger charge is 2.15. The Morgan fingerprint density at radius 1 is 1.33 bits per heavy atom. The molecule has 1 aromatic carbocycles. The molecule has 0 saturated heterocycles. The van der Waals surface area contributed by atoms with Gasteiger partial charge in [-0.05, 0) is 45.4 Å². The van der Waals surface area contributed by atoms with E-state index in [-0.39, 0.29) is 6.03 Å². The van der Waals surface area contributed by atoms with Crippen molar-refractivity contribution in [3.8, 4) is 0 Å². The molecule has 0 aliphatic rings. The number of halogens is 1. The van der Waals surface area contributed by atoms with Gasteiger partial charge in [-0.25, -0.2) is 4.79 Å². The molecule has 1 aromatic heterocycles. The van der Waals surface area contributed by atoms with Crippen LogP contribution >= 0.6 is 11.6 Å². The molecule has 0 aliphatic heterocycles. The zero-order valence-electron chi connectivity index (χ0n) is 14.8. The molecule has 0 bridgehead atoms. The number of rotatable bonds is 6. The zero-order valence-corrected chi connectivity index (χ0v) is 15.5. The van der Waals surface area contributed by atoms with Crippen molar-refractivity contribution in [1.82, 2.24) is 20.0 Å². The third-order valence-corrected chi connectivity index (χ3v) is 4.41. The number of amides is 2. The van der Waals surface area contributed by atoms with E-state index in [0.29, 0.717) is 24.7 Å². The Kier molecular flexibility index (Phi) is 6.26. The molecule has 0 radical (unpaired) electrons. The summed E-state index contributed by atoms with van der Waals surface area (Å²) in [5.41, 5.74) is 4.18. The van der Waals surface area contributed by atoms with Crippen LogP contribution in [0.2, 0.25) is 5.02 Å². The normalized spacial score (nSPS) is 10.7. The number of hydrogen-bond acceptors (Lipinski definition) is 2. The Balaban J connectivity index is 2.01. The summed E-state index contributed by atoms with van der Waals surface area (Å²) in [5, 5.41) is 8.17. The molecule has 2 rings (SSSR count). The molecular formula is C18H25ClN4O. The van der Waals surface area contributed by atoms with Crippen LogP contribution in [0.5, 0.6) is 0 Å². The second kappa shape index (κ2) is 8.20. The Hall–Kier alpha value is -2.01. The van der Waals surface area contributed by atoms with Gasteiger partial charge in [-0.15, -0.1) is 0 Å². The fraction of sp³-hybridized carbons (Fsp3) is 0.444. The molecule has 6 heteroatoms. The van der Waals surface area contributed by atoms with E-state index in [4.69, 9.17) is 11.6 Å². The van der Waals surface area contributed by atoms with Gasteiger partial charge in [0.05, 0.1) is 5.69 Å². The molecule has 0 fully saturated rings. The monoisotopic (exact) mass is 348 g/mol. The lowest BCUT2D eigenvalue weighted by molar-refractivity contribution is 0.197. The van der Waals surface area contributed by atoms with Crippen LogP contribution in [0.1, 0.15) is 36.4 Å². The van der Waals surface area contributed by atoms with Crippen molar-refractivity contribution in [2.75, 3.05) is 6.54 Å². The summed E-state index contributed by atoms with van der Waals surface area (Å²) in [4.78, 5) is 14.3. The van der Waals surface area contributed by atoms with E-state index in [2.05, 4.69) is 17.3 Å². The highest BCUT2D eigenvalue weighted by molar-refractivity contribution is 6.30. The first-order chi connectivity index (χ1) is 11.5. The first kappa shape index (κ1) is 18.3. The fourth-order valence-electron chi connectivity index (χ4n) is 2.76. The SMILES string of the molecule is CCN(Cc1cccc(Cl)c1)C(=O)NCc1c(C)nn(CC)c1C. The lowest BCUT2D eigenvalue weighted by Gasteiger charge is -2.21.